The van der Waals surface area contributed by atoms with Gasteiger partial charge in [-0.2, -0.15) is 0 Å². The van der Waals surface area contributed by atoms with Crippen LogP contribution in [-0.2, 0) is 9.84 Å². The average molecular weight is 453 g/mol. The first-order chi connectivity index (χ1) is 13.5. The molecule has 0 aliphatic carbocycles. The summed E-state index contributed by atoms with van der Waals surface area (Å²) in [4.78, 5) is 5.58. The Balaban J connectivity index is 1.65. The van der Waals surface area contributed by atoms with Crippen molar-refractivity contribution in [3.63, 3.8) is 0 Å². The third-order valence-corrected chi connectivity index (χ3v) is 10.4. The van der Waals surface area contributed by atoms with E-state index in [4.69, 9.17) is 21.8 Å². The Kier molecular flexibility index (Phi) is 4.83. The van der Waals surface area contributed by atoms with Gasteiger partial charge in [0.2, 0.25) is 12.3 Å². The number of thioether (sulfide) groups is 1. The second kappa shape index (κ2) is 6.85. The SMILES string of the molecule is CC1(C)C(N)=N[C@](C)(C2SC(c3cccc(-c4nnco4)c3)=CC2Cl)CS1(=O)=O. The molecule has 0 saturated heterocycles. The molecule has 0 bridgehead atoms. The van der Waals surface area contributed by atoms with Gasteiger partial charge in [-0.15, -0.1) is 33.6 Å². The highest BCUT2D eigenvalue weighted by atomic mass is 35.5. The molecule has 10 heteroatoms. The summed E-state index contributed by atoms with van der Waals surface area (Å²) in [7, 11) is -3.48. The number of hydrogen-bond donors (Lipinski definition) is 1. The Labute approximate surface area is 178 Å². The normalized spacial score (nSPS) is 30.6. The molecule has 154 valence electrons. The van der Waals surface area contributed by atoms with E-state index in [1.54, 1.807) is 13.8 Å². The summed E-state index contributed by atoms with van der Waals surface area (Å²) in [6, 6.07) is 7.69. The molecule has 2 aliphatic rings. The Morgan fingerprint density at radius 3 is 2.66 bits per heavy atom. The lowest BCUT2D eigenvalue weighted by Crippen LogP contribution is -2.59. The number of rotatable bonds is 3. The summed E-state index contributed by atoms with van der Waals surface area (Å²) in [6.45, 7) is 4.99. The molecule has 3 atom stereocenters. The van der Waals surface area contributed by atoms with E-state index in [0.717, 1.165) is 16.0 Å². The Morgan fingerprint density at radius 2 is 2.00 bits per heavy atom. The third-order valence-electron chi connectivity index (χ3n) is 5.47. The maximum Gasteiger partial charge on any atom is 0.247 e. The van der Waals surface area contributed by atoms with E-state index in [9.17, 15) is 8.42 Å². The number of halogens is 1. The average Bonchev–Trinajstić information content (AvgIpc) is 3.30. The first kappa shape index (κ1) is 20.4. The summed E-state index contributed by atoms with van der Waals surface area (Å²) in [5.74, 6) is 0.458. The van der Waals surface area contributed by atoms with Gasteiger partial charge in [-0.25, -0.2) is 8.42 Å². The molecular formula is C19H21ClN4O3S2. The van der Waals surface area contributed by atoms with Crippen LogP contribution in [0.4, 0.5) is 0 Å². The number of alkyl halides is 1. The molecule has 0 amide bonds. The van der Waals surface area contributed by atoms with Crippen molar-refractivity contribution in [1.82, 2.24) is 10.2 Å². The van der Waals surface area contributed by atoms with Gasteiger partial charge in [0.25, 0.3) is 0 Å². The van der Waals surface area contributed by atoms with Crippen LogP contribution < -0.4 is 5.73 Å². The topological polar surface area (TPSA) is 111 Å². The number of nitrogens with two attached hydrogens (primary N) is 1. The summed E-state index contributed by atoms with van der Waals surface area (Å²) >= 11 is 8.18. The Hall–Kier alpha value is -1.84. The number of amidine groups is 1. The van der Waals surface area contributed by atoms with Gasteiger partial charge in [-0.05, 0) is 38.5 Å². The molecule has 0 radical (unpaired) electrons. The minimum Gasteiger partial charge on any atom is -0.423 e. The van der Waals surface area contributed by atoms with E-state index in [-0.39, 0.29) is 22.2 Å². The van der Waals surface area contributed by atoms with Gasteiger partial charge in [0.05, 0.1) is 21.9 Å². The standard InChI is InChI=1S/C19H21ClN4O3S2/c1-18(2)17(21)23-19(3,9-29(18,25)26)15-13(20)8-14(28-15)11-5-4-6-12(7-11)16-24-22-10-27-16/h4-8,10,13,15H,9H2,1-3H3,(H2,21,23)/t13?,15?,19-/m0/s1. The van der Waals surface area contributed by atoms with E-state index in [1.165, 1.54) is 18.2 Å². The first-order valence-electron chi connectivity index (χ1n) is 9.01. The van der Waals surface area contributed by atoms with E-state index in [0.29, 0.717) is 5.89 Å². The van der Waals surface area contributed by atoms with E-state index in [2.05, 4.69) is 15.2 Å². The molecule has 3 heterocycles. The fourth-order valence-electron chi connectivity index (χ4n) is 3.52. The number of benzene rings is 1. The number of nitrogens with zero attached hydrogens (tertiary/aromatic N) is 3. The van der Waals surface area contributed by atoms with Crippen LogP contribution in [0.25, 0.3) is 16.4 Å². The largest absolute Gasteiger partial charge is 0.423 e. The second-order valence-electron chi connectivity index (χ2n) is 7.96. The highest BCUT2D eigenvalue weighted by Crippen LogP contribution is 2.49. The molecule has 2 N–H and O–H groups in total. The summed E-state index contributed by atoms with van der Waals surface area (Å²) in [5.41, 5.74) is 6.90. The van der Waals surface area contributed by atoms with Crippen LogP contribution in [0.1, 0.15) is 26.3 Å². The molecule has 0 saturated carbocycles. The van der Waals surface area contributed by atoms with Gasteiger partial charge in [0, 0.05) is 10.5 Å². The fraction of sp³-hybridized carbons (Fsp3) is 0.421. The predicted octanol–water partition coefficient (Wildman–Crippen LogP) is 3.12. The van der Waals surface area contributed by atoms with Gasteiger partial charge in [-0.1, -0.05) is 18.2 Å². The van der Waals surface area contributed by atoms with E-state index in [1.807, 2.05) is 37.3 Å². The Bertz CT molecular complexity index is 1110. The number of aliphatic imine (C=N–C) groups is 1. The lowest BCUT2D eigenvalue weighted by atomic mass is 9.96. The molecular weight excluding hydrogens is 432 g/mol. The number of sulfone groups is 1. The van der Waals surface area contributed by atoms with Crippen molar-refractivity contribution in [3.05, 3.63) is 42.3 Å². The van der Waals surface area contributed by atoms with Crippen molar-refractivity contribution in [2.24, 2.45) is 10.7 Å². The lowest BCUT2D eigenvalue weighted by molar-refractivity contribution is 0.472. The van der Waals surface area contributed by atoms with Crippen molar-refractivity contribution < 1.29 is 12.8 Å². The number of allylic oxidation sites excluding steroid dienone is 1. The maximum atomic E-state index is 12.9. The predicted molar refractivity (Wildman–Crippen MR) is 117 cm³/mol. The molecule has 0 spiro atoms. The van der Waals surface area contributed by atoms with Crippen molar-refractivity contribution >= 4 is 43.9 Å². The molecule has 4 rings (SSSR count). The van der Waals surface area contributed by atoms with Gasteiger partial charge in [0.15, 0.2) is 9.84 Å². The second-order valence-corrected chi connectivity index (χ2v) is 12.2. The van der Waals surface area contributed by atoms with Crippen molar-refractivity contribution in [1.29, 1.82) is 0 Å². The lowest BCUT2D eigenvalue weighted by Gasteiger charge is -2.41. The number of hydrogen-bond acceptors (Lipinski definition) is 8. The first-order valence-corrected chi connectivity index (χ1v) is 12.0. The molecule has 29 heavy (non-hydrogen) atoms. The van der Waals surface area contributed by atoms with Crippen molar-refractivity contribution in [2.45, 2.75) is 41.7 Å². The quantitative estimate of drug-likeness (QED) is 0.712. The van der Waals surface area contributed by atoms with Crippen LogP contribution in [0.5, 0.6) is 0 Å². The zero-order valence-electron chi connectivity index (χ0n) is 16.2. The molecule has 7 nitrogen and oxygen atoms in total. The maximum absolute atomic E-state index is 12.9. The number of aromatic nitrogens is 2. The molecule has 2 aliphatic heterocycles. The highest BCUT2D eigenvalue weighted by molar-refractivity contribution is 8.09. The van der Waals surface area contributed by atoms with Crippen LogP contribution in [0, 0.1) is 0 Å². The fourth-order valence-corrected chi connectivity index (χ4v) is 7.35. The molecule has 2 aromatic rings. The molecule has 1 aromatic heterocycles. The summed E-state index contributed by atoms with van der Waals surface area (Å²) in [6.07, 6.45) is 3.22. The van der Waals surface area contributed by atoms with E-state index < -0.39 is 20.1 Å². The minimum atomic E-state index is -3.48. The molecule has 1 aromatic carbocycles. The van der Waals surface area contributed by atoms with Gasteiger partial charge >= 0.3 is 0 Å². The van der Waals surface area contributed by atoms with Crippen LogP contribution in [0.15, 0.2) is 46.1 Å². The van der Waals surface area contributed by atoms with Crippen molar-refractivity contribution in [2.75, 3.05) is 5.75 Å². The molecule has 0 fully saturated rings. The zero-order valence-corrected chi connectivity index (χ0v) is 18.6. The zero-order chi connectivity index (χ0) is 21.0. The van der Waals surface area contributed by atoms with Gasteiger partial charge in [-0.3, -0.25) is 4.99 Å². The smallest absolute Gasteiger partial charge is 0.247 e. The van der Waals surface area contributed by atoms with Gasteiger partial charge in [0.1, 0.15) is 10.6 Å². The summed E-state index contributed by atoms with van der Waals surface area (Å²) in [5, 5.41) is 6.99. The van der Waals surface area contributed by atoms with Crippen LogP contribution in [0.3, 0.4) is 0 Å². The van der Waals surface area contributed by atoms with Gasteiger partial charge < -0.3 is 10.2 Å². The Morgan fingerprint density at radius 1 is 1.28 bits per heavy atom. The monoisotopic (exact) mass is 452 g/mol. The van der Waals surface area contributed by atoms with Crippen LogP contribution >= 0.6 is 23.4 Å². The van der Waals surface area contributed by atoms with Crippen LogP contribution in [0.2, 0.25) is 0 Å². The third kappa shape index (κ3) is 3.39. The van der Waals surface area contributed by atoms with Crippen LogP contribution in [-0.4, -0.2) is 51.1 Å². The van der Waals surface area contributed by atoms with E-state index >= 15 is 0 Å². The minimum absolute atomic E-state index is 0.0995. The summed E-state index contributed by atoms with van der Waals surface area (Å²) < 4.78 is 29.8. The molecule has 2 unspecified atom stereocenters. The van der Waals surface area contributed by atoms with Crippen molar-refractivity contribution in [3.8, 4) is 11.5 Å². The highest BCUT2D eigenvalue weighted by Gasteiger charge is 2.53.